The summed E-state index contributed by atoms with van der Waals surface area (Å²) in [5.41, 5.74) is 1.59. The number of ketones is 1. The molecule has 5 aliphatic carbocycles. The lowest BCUT2D eigenvalue weighted by Crippen LogP contribution is -2.38. The Morgan fingerprint density at radius 1 is 0.682 bits per heavy atom. The minimum Gasteiger partial charge on any atom is -0.299 e. The van der Waals surface area contributed by atoms with Crippen molar-refractivity contribution in [1.29, 1.82) is 0 Å². The fourth-order valence-electron chi connectivity index (χ4n) is 8.66. The summed E-state index contributed by atoms with van der Waals surface area (Å²) in [6.07, 6.45) is 10.9. The molecule has 5 saturated carbocycles. The van der Waals surface area contributed by atoms with Crippen molar-refractivity contribution in [3.05, 3.63) is 0 Å². The Hall–Kier alpha value is -0.330. The van der Waals surface area contributed by atoms with Gasteiger partial charge in [0.15, 0.2) is 0 Å². The van der Waals surface area contributed by atoms with Crippen molar-refractivity contribution in [2.75, 3.05) is 0 Å². The molecule has 0 radical (unpaired) electrons. The summed E-state index contributed by atoms with van der Waals surface area (Å²) >= 11 is 0. The van der Waals surface area contributed by atoms with Gasteiger partial charge in [-0.1, -0.05) is 27.7 Å². The van der Waals surface area contributed by atoms with Crippen LogP contribution in [0.25, 0.3) is 0 Å². The maximum absolute atomic E-state index is 13.1. The molecule has 0 aromatic heterocycles. The molecular weight excluding hydrogens is 268 g/mol. The maximum Gasteiger partial charge on any atom is 0.141 e. The molecular formula is C21H32O. The van der Waals surface area contributed by atoms with Crippen LogP contribution in [0.1, 0.15) is 79.1 Å². The highest BCUT2D eigenvalue weighted by Gasteiger charge is 2.78. The average molecular weight is 300 g/mol. The predicted molar refractivity (Wildman–Crippen MR) is 88.3 cm³/mol. The zero-order valence-corrected chi connectivity index (χ0v) is 14.9. The minimum atomic E-state index is 0.380. The summed E-state index contributed by atoms with van der Waals surface area (Å²) in [5, 5.41) is 0. The van der Waals surface area contributed by atoms with Gasteiger partial charge in [0.1, 0.15) is 5.78 Å². The van der Waals surface area contributed by atoms with Crippen LogP contribution in [0.4, 0.5) is 0 Å². The average Bonchev–Trinajstić information content (AvgIpc) is 2.79. The Kier molecular flexibility index (Phi) is 2.34. The van der Waals surface area contributed by atoms with E-state index < -0.39 is 0 Å². The molecule has 1 heteroatoms. The molecule has 122 valence electrons. The van der Waals surface area contributed by atoms with Crippen molar-refractivity contribution in [3.8, 4) is 0 Å². The van der Waals surface area contributed by atoms with Crippen LogP contribution in [0.15, 0.2) is 0 Å². The first-order valence-corrected chi connectivity index (χ1v) is 9.82. The molecule has 5 aliphatic rings. The van der Waals surface area contributed by atoms with Gasteiger partial charge in [0.05, 0.1) is 0 Å². The molecule has 22 heavy (non-hydrogen) atoms. The predicted octanol–water partition coefficient (Wildman–Crippen LogP) is 5.23. The number of fused-ring (bicyclic) bond motifs is 4. The lowest BCUT2D eigenvalue weighted by Gasteiger charge is -2.42. The van der Waals surface area contributed by atoms with Crippen molar-refractivity contribution in [1.82, 2.24) is 0 Å². The van der Waals surface area contributed by atoms with Crippen LogP contribution >= 0.6 is 0 Å². The van der Waals surface area contributed by atoms with E-state index in [2.05, 4.69) is 27.7 Å². The summed E-state index contributed by atoms with van der Waals surface area (Å²) in [5.74, 6) is 3.35. The van der Waals surface area contributed by atoms with E-state index in [9.17, 15) is 4.79 Å². The SMILES string of the molecule is CC1(C)C2CCC1([C@@H]1C(=O)[C@H]1C13CCC(CC1)C3(C)C)CC2. The first-order valence-electron chi connectivity index (χ1n) is 9.82. The monoisotopic (exact) mass is 300 g/mol. The maximum atomic E-state index is 13.1. The Balaban J connectivity index is 1.54. The molecule has 1 nitrogen and oxygen atoms in total. The van der Waals surface area contributed by atoms with Crippen molar-refractivity contribution >= 4 is 5.78 Å². The van der Waals surface area contributed by atoms with Crippen LogP contribution in [-0.4, -0.2) is 5.78 Å². The van der Waals surface area contributed by atoms with Gasteiger partial charge in [-0.3, -0.25) is 4.79 Å². The summed E-state index contributed by atoms with van der Waals surface area (Å²) in [7, 11) is 0. The van der Waals surface area contributed by atoms with E-state index in [1.807, 2.05) is 0 Å². The second-order valence-electron chi connectivity index (χ2n) is 10.7. The zero-order valence-electron chi connectivity index (χ0n) is 14.9. The smallest absolute Gasteiger partial charge is 0.141 e. The summed E-state index contributed by atoms with van der Waals surface area (Å²) in [6.45, 7) is 9.98. The zero-order chi connectivity index (χ0) is 15.5. The van der Waals surface area contributed by atoms with E-state index in [1.165, 1.54) is 51.4 Å². The fraction of sp³-hybridized carbons (Fsp3) is 0.952. The summed E-state index contributed by atoms with van der Waals surface area (Å²) in [6, 6.07) is 0. The highest BCUT2D eigenvalue weighted by Crippen LogP contribution is 2.80. The number of Topliss-reactive ketones (excluding diaryl/α,β-unsaturated/α-hetero) is 1. The highest BCUT2D eigenvalue weighted by atomic mass is 16.1. The van der Waals surface area contributed by atoms with Gasteiger partial charge in [0.25, 0.3) is 0 Å². The van der Waals surface area contributed by atoms with E-state index in [-0.39, 0.29) is 0 Å². The van der Waals surface area contributed by atoms with Gasteiger partial charge in [-0.05, 0) is 84.9 Å². The van der Waals surface area contributed by atoms with Crippen molar-refractivity contribution in [2.24, 2.45) is 45.3 Å². The number of hydrogen-bond donors (Lipinski definition) is 0. The van der Waals surface area contributed by atoms with E-state index in [1.54, 1.807) is 0 Å². The lowest BCUT2D eigenvalue weighted by atomic mass is 9.60. The lowest BCUT2D eigenvalue weighted by molar-refractivity contribution is -0.115. The second-order valence-corrected chi connectivity index (χ2v) is 10.7. The number of hydrogen-bond acceptors (Lipinski definition) is 1. The van der Waals surface area contributed by atoms with Gasteiger partial charge < -0.3 is 0 Å². The van der Waals surface area contributed by atoms with Gasteiger partial charge in [0.2, 0.25) is 0 Å². The van der Waals surface area contributed by atoms with Crippen LogP contribution in [0.2, 0.25) is 0 Å². The minimum absolute atomic E-state index is 0.380. The van der Waals surface area contributed by atoms with E-state index >= 15 is 0 Å². The topological polar surface area (TPSA) is 17.1 Å². The molecule has 2 atom stereocenters. The molecule has 0 aliphatic heterocycles. The molecule has 5 fully saturated rings. The molecule has 0 unspecified atom stereocenters. The van der Waals surface area contributed by atoms with Crippen LogP contribution < -0.4 is 0 Å². The molecule has 0 spiro atoms. The van der Waals surface area contributed by atoms with E-state index in [0.29, 0.717) is 39.3 Å². The van der Waals surface area contributed by atoms with Crippen molar-refractivity contribution < 1.29 is 4.79 Å². The quantitative estimate of drug-likeness (QED) is 0.682. The molecule has 0 amide bonds. The van der Waals surface area contributed by atoms with Gasteiger partial charge >= 0.3 is 0 Å². The van der Waals surface area contributed by atoms with E-state index in [0.717, 1.165) is 11.8 Å². The third kappa shape index (κ3) is 1.20. The summed E-state index contributed by atoms with van der Waals surface area (Å²) < 4.78 is 0. The Morgan fingerprint density at radius 2 is 1.00 bits per heavy atom. The third-order valence-corrected chi connectivity index (χ3v) is 10.4. The van der Waals surface area contributed by atoms with Crippen LogP contribution in [-0.2, 0) is 4.79 Å². The molecule has 5 rings (SSSR count). The first kappa shape index (κ1) is 14.1. The number of rotatable bonds is 2. The van der Waals surface area contributed by atoms with E-state index in [4.69, 9.17) is 0 Å². The fourth-order valence-corrected chi connectivity index (χ4v) is 8.66. The van der Waals surface area contributed by atoms with Crippen LogP contribution in [0.5, 0.6) is 0 Å². The molecule has 0 aromatic rings. The van der Waals surface area contributed by atoms with Gasteiger partial charge in [-0.25, -0.2) is 0 Å². The molecule has 0 N–H and O–H groups in total. The summed E-state index contributed by atoms with van der Waals surface area (Å²) in [4.78, 5) is 13.1. The molecule has 4 bridgehead atoms. The van der Waals surface area contributed by atoms with Crippen LogP contribution in [0, 0.1) is 45.3 Å². The van der Waals surface area contributed by atoms with Gasteiger partial charge in [0, 0.05) is 11.8 Å². The number of carbonyl (C=O) groups is 1. The van der Waals surface area contributed by atoms with Crippen molar-refractivity contribution in [2.45, 2.75) is 79.1 Å². The largest absolute Gasteiger partial charge is 0.299 e. The first-order chi connectivity index (χ1) is 10.3. The normalized spacial score (nSPS) is 56.8. The molecule has 0 heterocycles. The van der Waals surface area contributed by atoms with Crippen LogP contribution in [0.3, 0.4) is 0 Å². The standard InChI is InChI=1S/C21H32O/c1-18(2)13-5-9-20(18,10-6-13)15-16(17(15)22)21-11-7-14(8-12-21)19(21,3)4/h13-16H,5-12H2,1-4H3/t13?,14?,15-,16-,20?,21?/m0/s1. The third-order valence-electron chi connectivity index (χ3n) is 10.4. The van der Waals surface area contributed by atoms with Crippen molar-refractivity contribution in [3.63, 3.8) is 0 Å². The highest BCUT2D eigenvalue weighted by molar-refractivity contribution is 6.01. The molecule has 0 saturated heterocycles. The second kappa shape index (κ2) is 3.67. The van der Waals surface area contributed by atoms with Gasteiger partial charge in [-0.15, -0.1) is 0 Å². The number of carbonyl (C=O) groups excluding carboxylic acids is 1. The Bertz CT molecular complexity index is 490. The van der Waals surface area contributed by atoms with Gasteiger partial charge in [-0.2, -0.15) is 0 Å². The Morgan fingerprint density at radius 3 is 1.23 bits per heavy atom. The molecule has 0 aromatic carbocycles. The Labute approximate surface area is 135 Å².